The van der Waals surface area contributed by atoms with Gasteiger partial charge in [0.2, 0.25) is 5.91 Å². The minimum Gasteiger partial charge on any atom is -0.396 e. The maximum atomic E-state index is 11.9. The number of nitro benzene ring substituents is 1. The molecule has 0 aromatic heterocycles. The molecular weight excluding hydrogens is 260 g/mol. The van der Waals surface area contributed by atoms with E-state index in [1.807, 2.05) is 0 Å². The summed E-state index contributed by atoms with van der Waals surface area (Å²) in [5, 5.41) is 22.5. The SMILES string of the molecule is O=C(Cc1ccc([N+](=O)[O-])cc1)NC(CCO)C1CC1. The molecule has 1 amide bonds. The van der Waals surface area contributed by atoms with Gasteiger partial charge >= 0.3 is 0 Å². The van der Waals surface area contributed by atoms with E-state index in [2.05, 4.69) is 5.32 Å². The van der Waals surface area contributed by atoms with Crippen molar-refractivity contribution in [3.63, 3.8) is 0 Å². The third kappa shape index (κ3) is 4.03. The second kappa shape index (κ2) is 6.47. The number of hydrogen-bond donors (Lipinski definition) is 2. The second-order valence-electron chi connectivity index (χ2n) is 5.12. The van der Waals surface area contributed by atoms with E-state index < -0.39 is 4.92 Å². The number of amides is 1. The molecule has 2 rings (SSSR count). The molecule has 1 aliphatic carbocycles. The highest BCUT2D eigenvalue weighted by atomic mass is 16.6. The van der Waals surface area contributed by atoms with E-state index in [0.717, 1.165) is 18.4 Å². The van der Waals surface area contributed by atoms with Crippen LogP contribution in [0.4, 0.5) is 5.69 Å². The molecule has 0 bridgehead atoms. The van der Waals surface area contributed by atoms with Crippen LogP contribution >= 0.6 is 0 Å². The Morgan fingerprint density at radius 1 is 1.40 bits per heavy atom. The molecule has 1 fully saturated rings. The van der Waals surface area contributed by atoms with Crippen molar-refractivity contribution in [2.75, 3.05) is 6.61 Å². The van der Waals surface area contributed by atoms with Gasteiger partial charge in [0, 0.05) is 24.8 Å². The number of benzene rings is 1. The number of carbonyl (C=O) groups is 1. The fourth-order valence-electron chi connectivity index (χ4n) is 2.24. The Balaban J connectivity index is 1.88. The fourth-order valence-corrected chi connectivity index (χ4v) is 2.24. The second-order valence-corrected chi connectivity index (χ2v) is 5.12. The van der Waals surface area contributed by atoms with E-state index in [1.54, 1.807) is 12.1 Å². The van der Waals surface area contributed by atoms with E-state index in [4.69, 9.17) is 5.11 Å². The third-order valence-electron chi connectivity index (χ3n) is 3.49. The minimum absolute atomic E-state index is 0.0188. The van der Waals surface area contributed by atoms with E-state index in [0.29, 0.717) is 12.3 Å². The van der Waals surface area contributed by atoms with Crippen molar-refractivity contribution in [1.82, 2.24) is 5.32 Å². The van der Waals surface area contributed by atoms with E-state index in [1.165, 1.54) is 12.1 Å². The van der Waals surface area contributed by atoms with Crippen LogP contribution in [0.5, 0.6) is 0 Å². The van der Waals surface area contributed by atoms with Gasteiger partial charge in [0.25, 0.3) is 5.69 Å². The maximum Gasteiger partial charge on any atom is 0.269 e. The molecule has 1 unspecified atom stereocenters. The average Bonchev–Trinajstić information content (AvgIpc) is 3.23. The van der Waals surface area contributed by atoms with Crippen LogP contribution in [0.15, 0.2) is 24.3 Å². The highest BCUT2D eigenvalue weighted by Gasteiger charge is 2.31. The Labute approximate surface area is 117 Å². The van der Waals surface area contributed by atoms with Crippen LogP contribution in [0.2, 0.25) is 0 Å². The molecule has 20 heavy (non-hydrogen) atoms. The lowest BCUT2D eigenvalue weighted by Crippen LogP contribution is -2.38. The maximum absolute atomic E-state index is 11.9. The Morgan fingerprint density at radius 2 is 2.05 bits per heavy atom. The molecule has 1 saturated carbocycles. The zero-order valence-corrected chi connectivity index (χ0v) is 11.1. The first-order valence-corrected chi connectivity index (χ1v) is 6.73. The van der Waals surface area contributed by atoms with Crippen LogP contribution in [-0.2, 0) is 11.2 Å². The van der Waals surface area contributed by atoms with Gasteiger partial charge in [-0.3, -0.25) is 14.9 Å². The molecule has 1 aromatic carbocycles. The van der Waals surface area contributed by atoms with Gasteiger partial charge in [-0.2, -0.15) is 0 Å². The van der Waals surface area contributed by atoms with Gasteiger partial charge in [0.05, 0.1) is 11.3 Å². The number of non-ortho nitro benzene ring substituents is 1. The van der Waals surface area contributed by atoms with Crippen LogP contribution in [0.25, 0.3) is 0 Å². The Morgan fingerprint density at radius 3 is 2.55 bits per heavy atom. The van der Waals surface area contributed by atoms with Gasteiger partial charge in [-0.25, -0.2) is 0 Å². The summed E-state index contributed by atoms with van der Waals surface area (Å²) in [5.41, 5.74) is 0.761. The summed E-state index contributed by atoms with van der Waals surface area (Å²) in [6.45, 7) is 0.0684. The van der Waals surface area contributed by atoms with Crippen LogP contribution in [0.1, 0.15) is 24.8 Å². The summed E-state index contributed by atoms with van der Waals surface area (Å²) in [7, 11) is 0. The highest BCUT2D eigenvalue weighted by Crippen LogP contribution is 2.33. The zero-order chi connectivity index (χ0) is 14.5. The van der Waals surface area contributed by atoms with Gasteiger partial charge in [0.1, 0.15) is 0 Å². The average molecular weight is 278 g/mol. The number of carbonyl (C=O) groups excluding carboxylic acids is 1. The lowest BCUT2D eigenvalue weighted by Gasteiger charge is -2.17. The molecule has 6 nitrogen and oxygen atoms in total. The van der Waals surface area contributed by atoms with Crippen LogP contribution in [-0.4, -0.2) is 28.6 Å². The quantitative estimate of drug-likeness (QED) is 0.582. The Hall–Kier alpha value is -1.95. The molecule has 6 heteroatoms. The Bertz CT molecular complexity index is 482. The molecule has 108 valence electrons. The van der Waals surface area contributed by atoms with Crippen LogP contribution in [0, 0.1) is 16.0 Å². The predicted molar refractivity (Wildman–Crippen MR) is 73.2 cm³/mol. The molecule has 0 radical (unpaired) electrons. The molecular formula is C14H18N2O4. The summed E-state index contributed by atoms with van der Waals surface area (Å²) in [5.74, 6) is 0.382. The van der Waals surface area contributed by atoms with Crippen molar-refractivity contribution < 1.29 is 14.8 Å². The lowest BCUT2D eigenvalue weighted by molar-refractivity contribution is -0.384. The van der Waals surface area contributed by atoms with Crippen LogP contribution in [0.3, 0.4) is 0 Å². The number of nitrogens with zero attached hydrogens (tertiary/aromatic N) is 1. The van der Waals surface area contributed by atoms with Crippen molar-refractivity contribution in [1.29, 1.82) is 0 Å². The first kappa shape index (κ1) is 14.5. The summed E-state index contributed by atoms with van der Waals surface area (Å²) >= 11 is 0. The number of aliphatic hydroxyl groups excluding tert-OH is 1. The fraction of sp³-hybridized carbons (Fsp3) is 0.500. The summed E-state index contributed by atoms with van der Waals surface area (Å²) in [6.07, 6.45) is 2.98. The molecule has 0 spiro atoms. The van der Waals surface area contributed by atoms with Gasteiger partial charge in [-0.15, -0.1) is 0 Å². The third-order valence-corrected chi connectivity index (χ3v) is 3.49. The lowest BCUT2D eigenvalue weighted by atomic mass is 10.1. The van der Waals surface area contributed by atoms with Gasteiger partial charge in [-0.05, 0) is 30.7 Å². The number of hydrogen-bond acceptors (Lipinski definition) is 4. The molecule has 1 aliphatic rings. The van der Waals surface area contributed by atoms with Gasteiger partial charge in [0.15, 0.2) is 0 Å². The van der Waals surface area contributed by atoms with Crippen molar-refractivity contribution in [2.45, 2.75) is 31.7 Å². The molecule has 1 atom stereocenters. The van der Waals surface area contributed by atoms with Crippen molar-refractivity contribution in [3.8, 4) is 0 Å². The number of rotatable bonds is 7. The normalized spacial score (nSPS) is 15.7. The molecule has 0 aliphatic heterocycles. The molecule has 1 aromatic rings. The number of nitro groups is 1. The van der Waals surface area contributed by atoms with Gasteiger partial charge < -0.3 is 10.4 Å². The summed E-state index contributed by atoms with van der Waals surface area (Å²) in [4.78, 5) is 22.0. The molecule has 2 N–H and O–H groups in total. The van der Waals surface area contributed by atoms with Crippen molar-refractivity contribution >= 4 is 11.6 Å². The number of aliphatic hydroxyl groups is 1. The predicted octanol–water partition coefficient (Wildman–Crippen LogP) is 1.41. The summed E-state index contributed by atoms with van der Waals surface area (Å²) in [6, 6.07) is 6.03. The minimum atomic E-state index is -0.464. The monoisotopic (exact) mass is 278 g/mol. The van der Waals surface area contributed by atoms with Gasteiger partial charge in [-0.1, -0.05) is 12.1 Å². The smallest absolute Gasteiger partial charge is 0.269 e. The topological polar surface area (TPSA) is 92.5 Å². The van der Waals surface area contributed by atoms with Crippen LogP contribution < -0.4 is 5.32 Å². The van der Waals surface area contributed by atoms with E-state index >= 15 is 0 Å². The largest absolute Gasteiger partial charge is 0.396 e. The molecule has 0 saturated heterocycles. The Kier molecular flexibility index (Phi) is 4.68. The first-order chi connectivity index (χ1) is 9.60. The van der Waals surface area contributed by atoms with Crippen molar-refractivity contribution in [3.05, 3.63) is 39.9 Å². The molecule has 0 heterocycles. The van der Waals surface area contributed by atoms with Crippen molar-refractivity contribution in [2.24, 2.45) is 5.92 Å². The zero-order valence-electron chi connectivity index (χ0n) is 11.1. The highest BCUT2D eigenvalue weighted by molar-refractivity contribution is 5.79. The summed E-state index contributed by atoms with van der Waals surface area (Å²) < 4.78 is 0. The van der Waals surface area contributed by atoms with E-state index in [9.17, 15) is 14.9 Å². The first-order valence-electron chi connectivity index (χ1n) is 6.73. The standard InChI is InChI=1S/C14H18N2O4/c17-8-7-13(11-3-4-11)15-14(18)9-10-1-5-12(6-2-10)16(19)20/h1-2,5-6,11,13,17H,3-4,7-9H2,(H,15,18). The number of nitrogens with one attached hydrogen (secondary N) is 1. The van der Waals surface area contributed by atoms with E-state index in [-0.39, 0.29) is 30.7 Å².